The molecule has 3 N–H and O–H groups in total. The fourth-order valence-electron chi connectivity index (χ4n) is 4.27. The third-order valence-electron chi connectivity index (χ3n) is 5.50. The third-order valence-corrected chi connectivity index (χ3v) is 5.50. The van der Waals surface area contributed by atoms with Crippen molar-refractivity contribution in [2.24, 2.45) is 0 Å². The number of pyridine rings is 1. The summed E-state index contributed by atoms with van der Waals surface area (Å²) < 4.78 is 7.45. The first-order valence-electron chi connectivity index (χ1n) is 9.72. The molecule has 0 spiro atoms. The molecule has 0 atom stereocenters. The Balaban J connectivity index is 1.44. The van der Waals surface area contributed by atoms with E-state index in [2.05, 4.69) is 35.8 Å². The van der Waals surface area contributed by atoms with Crippen molar-refractivity contribution < 1.29 is 9.53 Å². The maximum Gasteiger partial charge on any atom is 0.228 e. The lowest BCUT2D eigenvalue weighted by Gasteiger charge is -2.45. The largest absolute Gasteiger partial charge is 0.480 e. The van der Waals surface area contributed by atoms with Gasteiger partial charge in [0.25, 0.3) is 0 Å². The monoisotopic (exact) mass is 406 g/mol. The van der Waals surface area contributed by atoms with E-state index in [0.717, 1.165) is 35.0 Å². The SMILES string of the molecule is COc1nc(N[C@H]2C[C@](C)(NC(C)=O)C2)nc2[nH]cc(-c3ccc4nncn4c3)c12. The van der Waals surface area contributed by atoms with Crippen LogP contribution < -0.4 is 15.4 Å². The number of methoxy groups -OCH3 is 1. The van der Waals surface area contributed by atoms with Crippen LogP contribution in [-0.4, -0.2) is 54.1 Å². The van der Waals surface area contributed by atoms with Crippen LogP contribution in [0.4, 0.5) is 5.95 Å². The van der Waals surface area contributed by atoms with E-state index in [4.69, 9.17) is 4.74 Å². The fourth-order valence-corrected chi connectivity index (χ4v) is 4.27. The number of amides is 1. The van der Waals surface area contributed by atoms with Crippen molar-refractivity contribution >= 4 is 28.5 Å². The molecule has 154 valence electrons. The molecule has 5 rings (SSSR count). The predicted octanol–water partition coefficient (Wildman–Crippen LogP) is 2.15. The Labute approximate surface area is 172 Å². The van der Waals surface area contributed by atoms with Gasteiger partial charge in [0.2, 0.25) is 17.7 Å². The standard InChI is InChI=1S/C20H22N8O2/c1-11(29)26-20(2)6-13(7-20)23-19-24-17-16(18(25-19)30-3)14(8-21-17)12-4-5-15-27-22-10-28(15)9-12/h4-5,8-10,13H,6-7H2,1-3H3,(H,26,29)(H2,21,23,24,25)/t13-,20-. The second kappa shape index (κ2) is 6.68. The van der Waals surface area contributed by atoms with E-state index in [9.17, 15) is 4.79 Å². The molecule has 1 fully saturated rings. The van der Waals surface area contributed by atoms with Gasteiger partial charge in [-0.05, 0) is 31.9 Å². The van der Waals surface area contributed by atoms with E-state index in [0.29, 0.717) is 17.5 Å². The molecule has 30 heavy (non-hydrogen) atoms. The van der Waals surface area contributed by atoms with Crippen molar-refractivity contribution in [3.8, 4) is 17.0 Å². The number of fused-ring (bicyclic) bond motifs is 2. The lowest BCUT2D eigenvalue weighted by atomic mass is 9.74. The normalized spacial score (nSPS) is 20.8. The number of anilines is 1. The maximum atomic E-state index is 11.3. The second-order valence-corrected chi connectivity index (χ2v) is 7.99. The summed E-state index contributed by atoms with van der Waals surface area (Å²) >= 11 is 0. The number of hydrogen-bond acceptors (Lipinski definition) is 7. The Morgan fingerprint density at radius 1 is 1.33 bits per heavy atom. The third kappa shape index (κ3) is 3.10. The number of H-pyrrole nitrogens is 1. The first kappa shape index (κ1) is 18.3. The van der Waals surface area contributed by atoms with Crippen molar-refractivity contribution in [3.63, 3.8) is 0 Å². The number of hydrogen-bond donors (Lipinski definition) is 3. The van der Waals surface area contributed by atoms with E-state index in [-0.39, 0.29) is 17.5 Å². The minimum atomic E-state index is -0.182. The molecule has 0 aliphatic heterocycles. The molecular weight excluding hydrogens is 384 g/mol. The van der Waals surface area contributed by atoms with Crippen molar-refractivity contribution in [1.82, 2.24) is 34.9 Å². The van der Waals surface area contributed by atoms with Gasteiger partial charge < -0.3 is 20.4 Å². The minimum absolute atomic E-state index is 0.0149. The highest BCUT2D eigenvalue weighted by molar-refractivity contribution is 5.97. The number of aromatic amines is 1. The summed E-state index contributed by atoms with van der Waals surface area (Å²) in [7, 11) is 1.60. The van der Waals surface area contributed by atoms with E-state index >= 15 is 0 Å². The van der Waals surface area contributed by atoms with Crippen LogP contribution in [-0.2, 0) is 4.79 Å². The van der Waals surface area contributed by atoms with Gasteiger partial charge in [-0.3, -0.25) is 9.20 Å². The Bertz CT molecular complexity index is 1250. The molecule has 1 saturated carbocycles. The van der Waals surface area contributed by atoms with Crippen LogP contribution in [0, 0.1) is 0 Å². The first-order chi connectivity index (χ1) is 14.4. The summed E-state index contributed by atoms with van der Waals surface area (Å²) in [5, 5.41) is 15.1. The highest BCUT2D eigenvalue weighted by Gasteiger charge is 2.41. The van der Waals surface area contributed by atoms with Crippen LogP contribution in [0.3, 0.4) is 0 Å². The zero-order valence-corrected chi connectivity index (χ0v) is 16.9. The quantitative estimate of drug-likeness (QED) is 0.464. The lowest BCUT2D eigenvalue weighted by Crippen LogP contribution is -2.59. The van der Waals surface area contributed by atoms with Crippen molar-refractivity contribution in [3.05, 3.63) is 30.9 Å². The number of aromatic nitrogens is 6. The molecule has 4 heterocycles. The van der Waals surface area contributed by atoms with Gasteiger partial charge in [-0.2, -0.15) is 9.97 Å². The van der Waals surface area contributed by atoms with E-state index in [1.165, 1.54) is 6.92 Å². The molecule has 0 bridgehead atoms. The van der Waals surface area contributed by atoms with E-state index in [1.54, 1.807) is 13.4 Å². The average molecular weight is 406 g/mol. The van der Waals surface area contributed by atoms with Gasteiger partial charge >= 0.3 is 0 Å². The number of rotatable bonds is 5. The van der Waals surface area contributed by atoms with Gasteiger partial charge in [0, 0.05) is 42.0 Å². The van der Waals surface area contributed by atoms with E-state index < -0.39 is 0 Å². The van der Waals surface area contributed by atoms with Gasteiger partial charge in [-0.15, -0.1) is 10.2 Å². The predicted molar refractivity (Wildman–Crippen MR) is 111 cm³/mol. The van der Waals surface area contributed by atoms with Crippen molar-refractivity contribution in [2.75, 3.05) is 12.4 Å². The highest BCUT2D eigenvalue weighted by Crippen LogP contribution is 2.36. The van der Waals surface area contributed by atoms with E-state index in [1.807, 2.05) is 35.9 Å². The Morgan fingerprint density at radius 2 is 2.17 bits per heavy atom. The van der Waals surface area contributed by atoms with Crippen LogP contribution in [0.2, 0.25) is 0 Å². The van der Waals surface area contributed by atoms with Gasteiger partial charge in [-0.1, -0.05) is 0 Å². The van der Waals surface area contributed by atoms with Gasteiger partial charge in [0.05, 0.1) is 12.5 Å². The number of ether oxygens (including phenoxy) is 1. The molecule has 0 unspecified atom stereocenters. The lowest BCUT2D eigenvalue weighted by molar-refractivity contribution is -0.121. The summed E-state index contributed by atoms with van der Waals surface area (Å²) in [5.41, 5.74) is 3.19. The Hall–Kier alpha value is -3.69. The van der Waals surface area contributed by atoms with Gasteiger partial charge in [-0.25, -0.2) is 0 Å². The molecule has 4 aromatic heterocycles. The Kier molecular flexibility index (Phi) is 4.09. The summed E-state index contributed by atoms with van der Waals surface area (Å²) in [4.78, 5) is 23.8. The van der Waals surface area contributed by atoms with Crippen LogP contribution >= 0.6 is 0 Å². The van der Waals surface area contributed by atoms with Gasteiger partial charge in [0.15, 0.2) is 5.65 Å². The van der Waals surface area contributed by atoms with Gasteiger partial charge in [0.1, 0.15) is 12.0 Å². The zero-order chi connectivity index (χ0) is 20.9. The fraction of sp³-hybridized carbons (Fsp3) is 0.350. The molecule has 0 aromatic carbocycles. The molecule has 1 aliphatic carbocycles. The minimum Gasteiger partial charge on any atom is -0.480 e. The van der Waals surface area contributed by atoms with Crippen LogP contribution in [0.1, 0.15) is 26.7 Å². The summed E-state index contributed by atoms with van der Waals surface area (Å²) in [6, 6.07) is 4.08. The molecule has 10 heteroatoms. The molecular formula is C20H22N8O2. The topological polar surface area (TPSA) is 122 Å². The van der Waals surface area contributed by atoms with Crippen molar-refractivity contribution in [1.29, 1.82) is 0 Å². The smallest absolute Gasteiger partial charge is 0.228 e. The zero-order valence-electron chi connectivity index (χ0n) is 16.9. The molecule has 0 saturated heterocycles. The maximum absolute atomic E-state index is 11.3. The molecule has 1 amide bonds. The number of carbonyl (C=O) groups excluding carboxylic acids is 1. The van der Waals surface area contributed by atoms with Crippen LogP contribution in [0.25, 0.3) is 27.8 Å². The molecule has 4 aromatic rings. The second-order valence-electron chi connectivity index (χ2n) is 7.99. The highest BCUT2D eigenvalue weighted by atomic mass is 16.5. The molecule has 0 radical (unpaired) electrons. The summed E-state index contributed by atoms with van der Waals surface area (Å²) in [5.74, 6) is 0.974. The summed E-state index contributed by atoms with van der Waals surface area (Å²) in [6.07, 6.45) is 7.14. The van der Waals surface area contributed by atoms with Crippen molar-refractivity contribution in [2.45, 2.75) is 38.3 Å². The van der Waals surface area contributed by atoms with Crippen LogP contribution in [0.5, 0.6) is 5.88 Å². The number of carbonyl (C=O) groups is 1. The summed E-state index contributed by atoms with van der Waals surface area (Å²) in [6.45, 7) is 3.58. The molecule has 1 aliphatic rings. The number of nitrogens with one attached hydrogen (secondary N) is 3. The Morgan fingerprint density at radius 3 is 2.93 bits per heavy atom. The first-order valence-corrected chi connectivity index (χ1v) is 9.72. The van der Waals surface area contributed by atoms with Crippen LogP contribution in [0.15, 0.2) is 30.9 Å². The molecule has 10 nitrogen and oxygen atoms in total. The number of nitrogens with zero attached hydrogens (tertiary/aromatic N) is 5. The average Bonchev–Trinajstić information content (AvgIpc) is 3.31.